The van der Waals surface area contributed by atoms with Crippen LogP contribution in [0.2, 0.25) is 0 Å². The molecule has 1 saturated heterocycles. The summed E-state index contributed by atoms with van der Waals surface area (Å²) in [6.45, 7) is 3.15. The van der Waals surface area contributed by atoms with Crippen LogP contribution in [0.15, 0.2) is 33.1 Å². The Morgan fingerprint density at radius 2 is 2.10 bits per heavy atom. The molecule has 0 bridgehead atoms. The monoisotopic (exact) mass is 438 g/mol. The fourth-order valence-corrected chi connectivity index (χ4v) is 6.26. The molecule has 0 saturated carbocycles. The molecule has 0 spiro atoms. The van der Waals surface area contributed by atoms with Crippen molar-refractivity contribution >= 4 is 33.2 Å². The van der Waals surface area contributed by atoms with E-state index in [0.717, 1.165) is 12.0 Å². The van der Waals surface area contributed by atoms with Crippen LogP contribution in [0.1, 0.15) is 40.8 Å². The molecule has 2 aromatic rings. The number of sulfonamides is 1. The molecule has 1 fully saturated rings. The second-order valence-electron chi connectivity index (χ2n) is 6.99. The molecule has 29 heavy (non-hydrogen) atoms. The highest BCUT2D eigenvalue weighted by Crippen LogP contribution is 2.31. The van der Waals surface area contributed by atoms with E-state index < -0.39 is 22.0 Å². The number of nitrogens with zero attached hydrogens (tertiary/aromatic N) is 2. The van der Waals surface area contributed by atoms with Crippen LogP contribution in [0.5, 0.6) is 0 Å². The molecule has 2 aliphatic heterocycles. The molecule has 156 valence electrons. The molecule has 0 aliphatic carbocycles. The fraction of sp³-hybridized carbons (Fsp3) is 0.474. The van der Waals surface area contributed by atoms with Crippen molar-refractivity contribution in [3.05, 3.63) is 39.8 Å². The Labute approximate surface area is 173 Å². The van der Waals surface area contributed by atoms with Crippen molar-refractivity contribution in [1.82, 2.24) is 9.21 Å². The third-order valence-corrected chi connectivity index (χ3v) is 8.03. The van der Waals surface area contributed by atoms with Crippen LogP contribution in [0, 0.1) is 0 Å². The summed E-state index contributed by atoms with van der Waals surface area (Å²) in [6, 6.07) is 3.78. The quantitative estimate of drug-likeness (QED) is 0.665. The summed E-state index contributed by atoms with van der Waals surface area (Å²) < 4.78 is 37.5. The van der Waals surface area contributed by atoms with E-state index in [-0.39, 0.29) is 29.9 Å². The summed E-state index contributed by atoms with van der Waals surface area (Å²) in [7, 11) is -4.04. The third-order valence-electron chi connectivity index (χ3n) is 5.23. The number of hydrogen-bond donors (Lipinski definition) is 0. The first-order chi connectivity index (χ1) is 13.9. The van der Waals surface area contributed by atoms with Crippen LogP contribution < -0.4 is 0 Å². The van der Waals surface area contributed by atoms with E-state index >= 15 is 0 Å². The highest BCUT2D eigenvalue weighted by molar-refractivity contribution is 7.89. The zero-order valence-corrected chi connectivity index (χ0v) is 17.6. The van der Waals surface area contributed by atoms with Crippen molar-refractivity contribution in [3.8, 4) is 0 Å². The van der Waals surface area contributed by atoms with Crippen LogP contribution in [0.25, 0.3) is 0 Å². The predicted octanol–water partition coefficient (Wildman–Crippen LogP) is 2.26. The van der Waals surface area contributed by atoms with Gasteiger partial charge in [0.15, 0.2) is 0 Å². The number of carbonyl (C=O) groups excluding carboxylic acids is 2. The van der Waals surface area contributed by atoms with Gasteiger partial charge in [0, 0.05) is 24.5 Å². The molecule has 2 aromatic heterocycles. The molecule has 1 atom stereocenters. The number of esters is 1. The van der Waals surface area contributed by atoms with E-state index in [1.165, 1.54) is 21.3 Å². The van der Waals surface area contributed by atoms with Gasteiger partial charge in [-0.3, -0.25) is 4.79 Å². The number of furan rings is 1. The highest BCUT2D eigenvalue weighted by Gasteiger charge is 2.43. The Hall–Kier alpha value is -2.17. The van der Waals surface area contributed by atoms with Gasteiger partial charge in [-0.1, -0.05) is 0 Å². The van der Waals surface area contributed by atoms with Gasteiger partial charge < -0.3 is 14.1 Å². The fourth-order valence-electron chi connectivity index (χ4n) is 3.81. The average Bonchev–Trinajstić information content (AvgIpc) is 3.47. The largest absolute Gasteiger partial charge is 0.460 e. The van der Waals surface area contributed by atoms with Crippen LogP contribution in [-0.4, -0.2) is 55.2 Å². The van der Waals surface area contributed by atoms with E-state index in [4.69, 9.17) is 9.15 Å². The summed E-state index contributed by atoms with van der Waals surface area (Å²) in [5.74, 6) is -1.07. The lowest BCUT2D eigenvalue weighted by molar-refractivity contribution is -0.135. The summed E-state index contributed by atoms with van der Waals surface area (Å²) >= 11 is 1.69. The van der Waals surface area contributed by atoms with Gasteiger partial charge in [0.05, 0.1) is 6.61 Å². The molecular formula is C19H22N2O6S2. The zero-order valence-electron chi connectivity index (χ0n) is 16.0. The Morgan fingerprint density at radius 1 is 1.28 bits per heavy atom. The van der Waals surface area contributed by atoms with Gasteiger partial charge in [0.1, 0.15) is 6.04 Å². The Morgan fingerprint density at radius 3 is 2.90 bits per heavy atom. The number of amides is 1. The van der Waals surface area contributed by atoms with Gasteiger partial charge >= 0.3 is 5.97 Å². The van der Waals surface area contributed by atoms with Crippen molar-refractivity contribution < 1.29 is 27.2 Å². The maximum atomic E-state index is 13.1. The number of hydrogen-bond acceptors (Lipinski definition) is 7. The first-order valence-electron chi connectivity index (χ1n) is 9.54. The molecule has 4 heterocycles. The lowest BCUT2D eigenvalue weighted by atomic mass is 10.1. The van der Waals surface area contributed by atoms with E-state index in [9.17, 15) is 18.0 Å². The highest BCUT2D eigenvalue weighted by atomic mass is 32.2. The molecule has 4 rings (SSSR count). The Kier molecular flexibility index (Phi) is 5.50. The van der Waals surface area contributed by atoms with Crippen LogP contribution in [0.3, 0.4) is 0 Å². The predicted molar refractivity (Wildman–Crippen MR) is 105 cm³/mol. The minimum absolute atomic E-state index is 0.159. The van der Waals surface area contributed by atoms with Crippen LogP contribution in [0.4, 0.5) is 0 Å². The molecule has 10 heteroatoms. The third kappa shape index (κ3) is 3.72. The Bertz CT molecular complexity index is 1030. The molecule has 0 aromatic carbocycles. The van der Waals surface area contributed by atoms with Crippen molar-refractivity contribution in [1.29, 1.82) is 0 Å². The second kappa shape index (κ2) is 7.92. The summed E-state index contributed by atoms with van der Waals surface area (Å²) in [5.41, 5.74) is 1.13. The van der Waals surface area contributed by atoms with Gasteiger partial charge in [0.2, 0.25) is 16.8 Å². The van der Waals surface area contributed by atoms with Crippen molar-refractivity contribution in [2.24, 2.45) is 0 Å². The molecule has 0 radical (unpaired) electrons. The average molecular weight is 439 g/mol. The normalized spacial score (nSPS) is 19.9. The van der Waals surface area contributed by atoms with Crippen LogP contribution >= 0.6 is 11.3 Å². The minimum Gasteiger partial charge on any atom is -0.460 e. The van der Waals surface area contributed by atoms with Crippen molar-refractivity contribution in [2.45, 2.75) is 43.9 Å². The lowest BCUT2D eigenvalue weighted by Gasteiger charge is -2.32. The van der Waals surface area contributed by atoms with Crippen molar-refractivity contribution in [2.75, 3.05) is 19.7 Å². The van der Waals surface area contributed by atoms with Gasteiger partial charge in [-0.25, -0.2) is 13.2 Å². The SMILES string of the molecule is CCOC(=O)c1ccc(S(=O)(=O)N2CCCC2C(=O)N2CCc3sccc3C2)o1. The van der Waals surface area contributed by atoms with Gasteiger partial charge in [-0.2, -0.15) is 4.31 Å². The number of thiophene rings is 1. The molecular weight excluding hydrogens is 416 g/mol. The summed E-state index contributed by atoms with van der Waals surface area (Å²) in [5, 5.41) is 1.67. The standard InChI is InChI=1S/C19H22N2O6S2/c1-2-26-19(23)15-5-6-17(27-15)29(24,25)21-9-3-4-14(21)18(22)20-10-7-16-13(12-20)8-11-28-16/h5-6,8,11,14H,2-4,7,9-10,12H2,1H3. The molecule has 2 aliphatic rings. The van der Waals surface area contributed by atoms with Crippen LogP contribution in [-0.2, 0) is 32.5 Å². The van der Waals surface area contributed by atoms with Gasteiger partial charge in [0.25, 0.3) is 10.0 Å². The van der Waals surface area contributed by atoms with Crippen molar-refractivity contribution in [3.63, 3.8) is 0 Å². The maximum absolute atomic E-state index is 13.1. The number of rotatable bonds is 5. The van der Waals surface area contributed by atoms with E-state index in [0.29, 0.717) is 25.9 Å². The minimum atomic E-state index is -4.04. The number of fused-ring (bicyclic) bond motifs is 1. The van der Waals surface area contributed by atoms with Gasteiger partial charge in [-0.15, -0.1) is 11.3 Å². The van der Waals surface area contributed by atoms with Gasteiger partial charge in [-0.05, 0) is 55.3 Å². The first kappa shape index (κ1) is 20.1. The first-order valence-corrected chi connectivity index (χ1v) is 11.9. The molecule has 8 nitrogen and oxygen atoms in total. The van der Waals surface area contributed by atoms with E-state index in [2.05, 4.69) is 0 Å². The number of ether oxygens (including phenoxy) is 1. The number of carbonyl (C=O) groups is 2. The Balaban J connectivity index is 1.53. The maximum Gasteiger partial charge on any atom is 0.374 e. The smallest absolute Gasteiger partial charge is 0.374 e. The second-order valence-corrected chi connectivity index (χ2v) is 9.81. The molecule has 0 N–H and O–H groups in total. The summed E-state index contributed by atoms with van der Waals surface area (Å²) in [6.07, 6.45) is 1.86. The lowest BCUT2D eigenvalue weighted by Crippen LogP contribution is -2.48. The summed E-state index contributed by atoms with van der Waals surface area (Å²) in [4.78, 5) is 27.9. The molecule has 1 amide bonds. The van der Waals surface area contributed by atoms with E-state index in [1.807, 2.05) is 11.4 Å². The van der Waals surface area contributed by atoms with E-state index in [1.54, 1.807) is 23.2 Å². The molecule has 1 unspecified atom stereocenters. The zero-order chi connectivity index (χ0) is 20.6. The topological polar surface area (TPSA) is 97.1 Å².